The van der Waals surface area contributed by atoms with Crippen LogP contribution in [0.1, 0.15) is 18.0 Å². The van der Waals surface area contributed by atoms with E-state index >= 15 is 0 Å². The quantitative estimate of drug-likeness (QED) is 0.859. The zero-order valence-electron chi connectivity index (χ0n) is 9.26. The summed E-state index contributed by atoms with van der Waals surface area (Å²) in [7, 11) is 3.37. The second kappa shape index (κ2) is 6.30. The SMILES string of the molecule is CNC(CCO)c1cc(Cl)cc(Cl)c1OC. The lowest BCUT2D eigenvalue weighted by atomic mass is 10.0. The third kappa shape index (κ3) is 3.01. The van der Waals surface area contributed by atoms with Gasteiger partial charge in [0.1, 0.15) is 5.75 Å². The average molecular weight is 264 g/mol. The molecule has 0 aliphatic carbocycles. The van der Waals surface area contributed by atoms with Crippen LogP contribution in [0.3, 0.4) is 0 Å². The van der Waals surface area contributed by atoms with Crippen LogP contribution < -0.4 is 10.1 Å². The van der Waals surface area contributed by atoms with Gasteiger partial charge in [0.15, 0.2) is 0 Å². The highest BCUT2D eigenvalue weighted by Crippen LogP contribution is 2.36. The van der Waals surface area contributed by atoms with Gasteiger partial charge in [0.05, 0.1) is 12.1 Å². The van der Waals surface area contributed by atoms with Crippen LogP contribution in [0.25, 0.3) is 0 Å². The monoisotopic (exact) mass is 263 g/mol. The molecule has 1 unspecified atom stereocenters. The van der Waals surface area contributed by atoms with Crippen molar-refractivity contribution < 1.29 is 9.84 Å². The number of aliphatic hydroxyl groups excluding tert-OH is 1. The minimum absolute atomic E-state index is 0.0313. The van der Waals surface area contributed by atoms with Crippen molar-refractivity contribution in [2.24, 2.45) is 0 Å². The molecule has 0 heterocycles. The van der Waals surface area contributed by atoms with Gasteiger partial charge < -0.3 is 15.2 Å². The van der Waals surface area contributed by atoms with Crippen molar-refractivity contribution in [2.75, 3.05) is 20.8 Å². The van der Waals surface area contributed by atoms with Crippen LogP contribution in [0.5, 0.6) is 5.75 Å². The van der Waals surface area contributed by atoms with Gasteiger partial charge in [-0.2, -0.15) is 0 Å². The lowest BCUT2D eigenvalue weighted by molar-refractivity contribution is 0.267. The Hall–Kier alpha value is -0.480. The normalized spacial score (nSPS) is 12.6. The van der Waals surface area contributed by atoms with Gasteiger partial charge in [0.2, 0.25) is 0 Å². The highest BCUT2D eigenvalue weighted by molar-refractivity contribution is 6.35. The van der Waals surface area contributed by atoms with E-state index in [9.17, 15) is 0 Å². The number of ether oxygens (including phenoxy) is 1. The summed E-state index contributed by atoms with van der Waals surface area (Å²) in [6.07, 6.45) is 0.573. The summed E-state index contributed by atoms with van der Waals surface area (Å²) in [5, 5.41) is 13.1. The zero-order chi connectivity index (χ0) is 12.1. The van der Waals surface area contributed by atoms with E-state index in [1.54, 1.807) is 19.2 Å². The van der Waals surface area contributed by atoms with E-state index < -0.39 is 0 Å². The van der Waals surface area contributed by atoms with Crippen molar-refractivity contribution in [3.05, 3.63) is 27.7 Å². The Balaban J connectivity index is 3.17. The van der Waals surface area contributed by atoms with Gasteiger partial charge in [-0.3, -0.25) is 0 Å². The standard InChI is InChI=1S/C11H15Cl2NO2/c1-14-10(3-4-15)8-5-7(12)6-9(13)11(8)16-2/h5-6,10,14-15H,3-4H2,1-2H3. The highest BCUT2D eigenvalue weighted by Gasteiger charge is 2.17. The fourth-order valence-corrected chi connectivity index (χ4v) is 2.23. The number of rotatable bonds is 5. The van der Waals surface area contributed by atoms with Gasteiger partial charge in [0.25, 0.3) is 0 Å². The van der Waals surface area contributed by atoms with Crippen LogP contribution in [0.15, 0.2) is 12.1 Å². The van der Waals surface area contributed by atoms with E-state index in [0.717, 1.165) is 5.56 Å². The largest absolute Gasteiger partial charge is 0.495 e. The van der Waals surface area contributed by atoms with E-state index in [0.29, 0.717) is 22.2 Å². The number of halogens is 2. The van der Waals surface area contributed by atoms with Crippen LogP contribution in [-0.4, -0.2) is 25.9 Å². The van der Waals surface area contributed by atoms with Crippen molar-refractivity contribution in [2.45, 2.75) is 12.5 Å². The van der Waals surface area contributed by atoms with Crippen LogP contribution in [0.2, 0.25) is 10.0 Å². The molecular formula is C11H15Cl2NO2. The van der Waals surface area contributed by atoms with Crippen molar-refractivity contribution in [3.63, 3.8) is 0 Å². The molecule has 2 N–H and O–H groups in total. The number of hydrogen-bond donors (Lipinski definition) is 2. The number of aliphatic hydroxyl groups is 1. The molecule has 1 aromatic carbocycles. The van der Waals surface area contributed by atoms with Crippen molar-refractivity contribution in [1.29, 1.82) is 0 Å². The Morgan fingerprint density at radius 3 is 2.62 bits per heavy atom. The predicted molar refractivity (Wildman–Crippen MR) is 66.5 cm³/mol. The molecule has 0 aromatic heterocycles. The van der Waals surface area contributed by atoms with Crippen molar-refractivity contribution >= 4 is 23.2 Å². The van der Waals surface area contributed by atoms with E-state index in [1.165, 1.54) is 0 Å². The van der Waals surface area contributed by atoms with Crippen LogP contribution in [0, 0.1) is 0 Å². The number of benzene rings is 1. The molecule has 0 saturated carbocycles. The predicted octanol–water partition coefficient (Wildman–Crippen LogP) is 2.64. The first-order valence-corrected chi connectivity index (χ1v) is 5.70. The maximum atomic E-state index is 8.98. The number of methoxy groups -OCH3 is 1. The molecule has 0 spiro atoms. The van der Waals surface area contributed by atoms with E-state index in [1.807, 2.05) is 7.05 Å². The fourth-order valence-electron chi connectivity index (χ4n) is 1.64. The summed E-state index contributed by atoms with van der Waals surface area (Å²) in [4.78, 5) is 0. The second-order valence-electron chi connectivity index (χ2n) is 3.36. The average Bonchev–Trinajstić information content (AvgIpc) is 2.25. The number of hydrogen-bond acceptors (Lipinski definition) is 3. The minimum Gasteiger partial charge on any atom is -0.495 e. The highest BCUT2D eigenvalue weighted by atomic mass is 35.5. The first-order valence-electron chi connectivity index (χ1n) is 4.95. The summed E-state index contributed by atoms with van der Waals surface area (Å²) in [5.74, 6) is 0.596. The van der Waals surface area contributed by atoms with Gasteiger partial charge in [-0.15, -0.1) is 0 Å². The molecule has 0 bridgehead atoms. The molecule has 0 fully saturated rings. The first-order chi connectivity index (χ1) is 7.63. The maximum Gasteiger partial charge on any atom is 0.142 e. The maximum absolute atomic E-state index is 8.98. The van der Waals surface area contributed by atoms with E-state index in [-0.39, 0.29) is 12.6 Å². The molecule has 0 amide bonds. The molecule has 1 rings (SSSR count). The summed E-state index contributed by atoms with van der Waals surface area (Å²) in [6.45, 7) is 0.0821. The van der Waals surface area contributed by atoms with Gasteiger partial charge in [-0.05, 0) is 25.6 Å². The van der Waals surface area contributed by atoms with E-state index in [2.05, 4.69) is 5.32 Å². The van der Waals surface area contributed by atoms with Gasteiger partial charge in [-0.1, -0.05) is 23.2 Å². The smallest absolute Gasteiger partial charge is 0.142 e. The molecule has 0 saturated heterocycles. The molecule has 5 heteroatoms. The molecule has 16 heavy (non-hydrogen) atoms. The molecule has 1 aromatic rings. The third-order valence-electron chi connectivity index (χ3n) is 2.38. The lowest BCUT2D eigenvalue weighted by Gasteiger charge is -2.19. The van der Waals surface area contributed by atoms with Crippen molar-refractivity contribution in [1.82, 2.24) is 5.32 Å². The Morgan fingerprint density at radius 1 is 1.44 bits per heavy atom. The minimum atomic E-state index is -0.0313. The Labute approximate surface area is 105 Å². The molecule has 3 nitrogen and oxygen atoms in total. The topological polar surface area (TPSA) is 41.5 Å². The van der Waals surface area contributed by atoms with Gasteiger partial charge in [0, 0.05) is 23.2 Å². The molecule has 1 atom stereocenters. The molecule has 0 radical (unpaired) electrons. The van der Waals surface area contributed by atoms with Crippen molar-refractivity contribution in [3.8, 4) is 5.75 Å². The third-order valence-corrected chi connectivity index (χ3v) is 2.88. The fraction of sp³-hybridized carbons (Fsp3) is 0.455. The van der Waals surface area contributed by atoms with Crippen LogP contribution in [0.4, 0.5) is 0 Å². The Morgan fingerprint density at radius 2 is 2.12 bits per heavy atom. The molecular weight excluding hydrogens is 249 g/mol. The summed E-state index contributed by atoms with van der Waals surface area (Å²) >= 11 is 12.0. The number of nitrogens with one attached hydrogen (secondary N) is 1. The zero-order valence-corrected chi connectivity index (χ0v) is 10.8. The molecule has 0 aliphatic heterocycles. The van der Waals surface area contributed by atoms with Crippen LogP contribution >= 0.6 is 23.2 Å². The second-order valence-corrected chi connectivity index (χ2v) is 4.21. The Bertz CT molecular complexity index is 358. The first kappa shape index (κ1) is 13.6. The summed E-state index contributed by atoms with van der Waals surface area (Å²) < 4.78 is 5.25. The summed E-state index contributed by atoms with van der Waals surface area (Å²) in [5.41, 5.74) is 0.858. The molecule has 0 aliphatic rings. The Kier molecular flexibility index (Phi) is 5.35. The lowest BCUT2D eigenvalue weighted by Crippen LogP contribution is -2.18. The summed E-state index contributed by atoms with van der Waals surface area (Å²) in [6, 6.07) is 3.40. The molecule has 90 valence electrons. The van der Waals surface area contributed by atoms with Gasteiger partial charge in [-0.25, -0.2) is 0 Å². The van der Waals surface area contributed by atoms with Gasteiger partial charge >= 0.3 is 0 Å². The van der Waals surface area contributed by atoms with E-state index in [4.69, 9.17) is 33.0 Å². The van der Waals surface area contributed by atoms with Crippen LogP contribution in [-0.2, 0) is 0 Å².